The number of ether oxygens (including phenoxy) is 1. The van der Waals surface area contributed by atoms with E-state index in [1.54, 1.807) is 0 Å². The SMILES string of the molecule is CCCCCCCCOC[n+]1ccn(CC)c1-c1ccccc1. The maximum Gasteiger partial charge on any atom is 0.290 e. The van der Waals surface area contributed by atoms with E-state index in [1.165, 1.54) is 49.9 Å². The number of hydrogen-bond acceptors (Lipinski definition) is 1. The normalized spacial score (nSPS) is 11.0. The highest BCUT2D eigenvalue weighted by atomic mass is 16.5. The largest absolute Gasteiger partial charge is 0.342 e. The topological polar surface area (TPSA) is 18.0 Å². The molecular formula is C20H31N2O+. The van der Waals surface area contributed by atoms with Crippen molar-refractivity contribution in [2.75, 3.05) is 6.61 Å². The van der Waals surface area contributed by atoms with Gasteiger partial charge in [-0.1, -0.05) is 57.2 Å². The standard InChI is InChI=1S/C20H31N2O/c1-3-5-6-7-8-12-17-23-18-22-16-15-21(4-2)20(22)19-13-10-9-11-14-19/h9-11,13-16H,3-8,12,17-18H2,1-2H3/q+1. The molecule has 0 aliphatic rings. The molecule has 2 aromatic rings. The Hall–Kier alpha value is -1.61. The average Bonchev–Trinajstić information content (AvgIpc) is 3.01. The molecule has 0 fully saturated rings. The lowest BCUT2D eigenvalue weighted by Gasteiger charge is -2.06. The Balaban J connectivity index is 1.83. The molecule has 0 N–H and O–H groups in total. The van der Waals surface area contributed by atoms with Gasteiger partial charge in [0.2, 0.25) is 0 Å². The number of hydrogen-bond donors (Lipinski definition) is 0. The number of rotatable bonds is 11. The van der Waals surface area contributed by atoms with Gasteiger partial charge in [-0.15, -0.1) is 0 Å². The predicted octanol–water partition coefficient (Wildman–Crippen LogP) is 4.80. The molecule has 3 heteroatoms. The van der Waals surface area contributed by atoms with Gasteiger partial charge in [0.05, 0.1) is 18.7 Å². The van der Waals surface area contributed by atoms with Crippen molar-refractivity contribution in [3.05, 3.63) is 42.7 Å². The van der Waals surface area contributed by atoms with E-state index in [4.69, 9.17) is 4.74 Å². The third-order valence-corrected chi connectivity index (χ3v) is 4.22. The maximum absolute atomic E-state index is 5.90. The van der Waals surface area contributed by atoms with Crippen LogP contribution >= 0.6 is 0 Å². The van der Waals surface area contributed by atoms with Gasteiger partial charge in [0.15, 0.2) is 6.73 Å². The van der Waals surface area contributed by atoms with Crippen molar-refractivity contribution in [2.24, 2.45) is 0 Å². The second kappa shape index (κ2) is 10.2. The number of unbranched alkanes of at least 4 members (excludes halogenated alkanes) is 5. The summed E-state index contributed by atoms with van der Waals surface area (Å²) in [5.41, 5.74) is 1.24. The number of aromatic nitrogens is 2. The Morgan fingerprint density at radius 1 is 0.957 bits per heavy atom. The lowest BCUT2D eigenvalue weighted by Crippen LogP contribution is -2.36. The molecule has 0 aliphatic carbocycles. The highest BCUT2D eigenvalue weighted by Crippen LogP contribution is 2.15. The summed E-state index contributed by atoms with van der Waals surface area (Å²) in [4.78, 5) is 0. The number of imidazole rings is 1. The van der Waals surface area contributed by atoms with Crippen molar-refractivity contribution in [1.29, 1.82) is 0 Å². The lowest BCUT2D eigenvalue weighted by molar-refractivity contribution is -0.722. The molecule has 1 aromatic carbocycles. The van der Waals surface area contributed by atoms with E-state index in [0.29, 0.717) is 6.73 Å². The van der Waals surface area contributed by atoms with E-state index in [1.807, 2.05) is 0 Å². The van der Waals surface area contributed by atoms with Gasteiger partial charge >= 0.3 is 0 Å². The summed E-state index contributed by atoms with van der Waals surface area (Å²) in [5, 5.41) is 0. The van der Waals surface area contributed by atoms with Crippen molar-refractivity contribution in [3.8, 4) is 11.4 Å². The van der Waals surface area contributed by atoms with Crippen LogP contribution in [0.15, 0.2) is 42.7 Å². The number of aryl methyl sites for hydroxylation is 1. The molecule has 1 aromatic heterocycles. The van der Waals surface area contributed by atoms with Gasteiger partial charge in [0, 0.05) is 0 Å². The molecule has 0 saturated carbocycles. The van der Waals surface area contributed by atoms with Crippen LogP contribution in [0.5, 0.6) is 0 Å². The van der Waals surface area contributed by atoms with Crippen LogP contribution in [-0.2, 0) is 18.0 Å². The zero-order valence-electron chi connectivity index (χ0n) is 14.7. The molecule has 0 bridgehead atoms. The molecule has 0 saturated heterocycles. The minimum absolute atomic E-state index is 0.631. The summed E-state index contributed by atoms with van der Waals surface area (Å²) in [7, 11) is 0. The van der Waals surface area contributed by atoms with Crippen LogP contribution in [0.4, 0.5) is 0 Å². The number of benzene rings is 1. The number of nitrogens with zero attached hydrogens (tertiary/aromatic N) is 2. The first-order valence-corrected chi connectivity index (χ1v) is 9.08. The van der Waals surface area contributed by atoms with Gasteiger partial charge in [0.25, 0.3) is 5.82 Å². The third-order valence-electron chi connectivity index (χ3n) is 4.22. The fourth-order valence-electron chi connectivity index (χ4n) is 2.89. The molecule has 0 atom stereocenters. The van der Waals surface area contributed by atoms with E-state index >= 15 is 0 Å². The summed E-state index contributed by atoms with van der Waals surface area (Å²) in [6, 6.07) is 10.5. The van der Waals surface area contributed by atoms with Crippen LogP contribution in [0.3, 0.4) is 0 Å². The predicted molar refractivity (Wildman–Crippen MR) is 95.1 cm³/mol. The second-order valence-corrected chi connectivity index (χ2v) is 6.05. The Morgan fingerprint density at radius 3 is 2.43 bits per heavy atom. The highest BCUT2D eigenvalue weighted by molar-refractivity contribution is 5.52. The monoisotopic (exact) mass is 315 g/mol. The molecule has 1 heterocycles. The molecule has 23 heavy (non-hydrogen) atoms. The van der Waals surface area contributed by atoms with Crippen LogP contribution in [0.1, 0.15) is 52.4 Å². The van der Waals surface area contributed by atoms with E-state index < -0.39 is 0 Å². The highest BCUT2D eigenvalue weighted by Gasteiger charge is 2.17. The van der Waals surface area contributed by atoms with Crippen molar-refractivity contribution in [1.82, 2.24) is 4.57 Å². The fourth-order valence-corrected chi connectivity index (χ4v) is 2.89. The molecule has 0 radical (unpaired) electrons. The summed E-state index contributed by atoms with van der Waals surface area (Å²) in [6.07, 6.45) is 12.1. The Bertz CT molecular complexity index is 548. The maximum atomic E-state index is 5.90. The molecular weight excluding hydrogens is 284 g/mol. The molecule has 3 nitrogen and oxygen atoms in total. The smallest absolute Gasteiger partial charge is 0.290 e. The van der Waals surface area contributed by atoms with E-state index in [9.17, 15) is 0 Å². The van der Waals surface area contributed by atoms with Gasteiger partial charge < -0.3 is 4.74 Å². The molecule has 126 valence electrons. The van der Waals surface area contributed by atoms with E-state index in [2.05, 4.69) is 65.7 Å². The average molecular weight is 315 g/mol. The van der Waals surface area contributed by atoms with Crippen LogP contribution in [-0.4, -0.2) is 11.2 Å². The zero-order valence-corrected chi connectivity index (χ0v) is 14.7. The first-order valence-electron chi connectivity index (χ1n) is 9.08. The van der Waals surface area contributed by atoms with Gasteiger partial charge in [-0.25, -0.2) is 9.13 Å². The van der Waals surface area contributed by atoms with Gasteiger partial charge in [0.1, 0.15) is 12.4 Å². The summed E-state index contributed by atoms with van der Waals surface area (Å²) in [5.74, 6) is 1.22. The summed E-state index contributed by atoms with van der Waals surface area (Å²) < 4.78 is 10.4. The minimum atomic E-state index is 0.631. The Labute approximate surface area is 140 Å². The van der Waals surface area contributed by atoms with E-state index in [0.717, 1.165) is 13.2 Å². The van der Waals surface area contributed by atoms with Gasteiger partial charge in [-0.3, -0.25) is 0 Å². The summed E-state index contributed by atoms with van der Waals surface area (Å²) in [6.45, 7) is 6.88. The summed E-state index contributed by atoms with van der Waals surface area (Å²) >= 11 is 0. The van der Waals surface area contributed by atoms with E-state index in [-0.39, 0.29) is 0 Å². The molecule has 0 aliphatic heterocycles. The molecule has 0 amide bonds. The fraction of sp³-hybridized carbons (Fsp3) is 0.550. The lowest BCUT2D eigenvalue weighted by atomic mass is 10.1. The van der Waals surface area contributed by atoms with Crippen LogP contribution in [0.25, 0.3) is 11.4 Å². The van der Waals surface area contributed by atoms with Gasteiger partial charge in [-0.2, -0.15) is 0 Å². The molecule has 0 unspecified atom stereocenters. The van der Waals surface area contributed by atoms with Crippen LogP contribution in [0.2, 0.25) is 0 Å². The second-order valence-electron chi connectivity index (χ2n) is 6.05. The van der Waals surface area contributed by atoms with Crippen LogP contribution < -0.4 is 4.57 Å². The van der Waals surface area contributed by atoms with Crippen molar-refractivity contribution >= 4 is 0 Å². The van der Waals surface area contributed by atoms with Crippen molar-refractivity contribution in [3.63, 3.8) is 0 Å². The Kier molecular flexibility index (Phi) is 7.88. The van der Waals surface area contributed by atoms with Crippen molar-refractivity contribution in [2.45, 2.75) is 65.6 Å². The molecule has 2 rings (SSSR count). The first kappa shape index (κ1) is 17.7. The van der Waals surface area contributed by atoms with Crippen LogP contribution in [0, 0.1) is 0 Å². The minimum Gasteiger partial charge on any atom is -0.342 e. The van der Waals surface area contributed by atoms with Gasteiger partial charge in [-0.05, 0) is 25.5 Å². The molecule has 0 spiro atoms. The zero-order chi connectivity index (χ0) is 16.3. The quantitative estimate of drug-likeness (QED) is 0.430. The third kappa shape index (κ3) is 5.51. The van der Waals surface area contributed by atoms with Crippen molar-refractivity contribution < 1.29 is 9.30 Å². The Morgan fingerprint density at radius 2 is 1.70 bits per heavy atom. The first-order chi connectivity index (χ1) is 11.4.